The molecule has 70 valence electrons. The van der Waals surface area contributed by atoms with Crippen LogP contribution in [0.15, 0.2) is 12.7 Å². The first-order chi connectivity index (χ1) is 5.65. The molecule has 1 N–H and O–H groups in total. The molecule has 0 spiro atoms. The van der Waals surface area contributed by atoms with Crippen molar-refractivity contribution in [2.75, 3.05) is 14.2 Å². The number of esters is 1. The quantitative estimate of drug-likeness (QED) is 0.475. The van der Waals surface area contributed by atoms with E-state index in [4.69, 9.17) is 4.74 Å². The lowest BCUT2D eigenvalue weighted by Gasteiger charge is -2.16. The average molecular weight is 174 g/mol. The van der Waals surface area contributed by atoms with Gasteiger partial charge in [-0.1, -0.05) is 6.08 Å². The highest BCUT2D eigenvalue weighted by atomic mass is 16.5. The molecular weight excluding hydrogens is 160 g/mol. The predicted molar refractivity (Wildman–Crippen MR) is 43.6 cm³/mol. The van der Waals surface area contributed by atoms with Gasteiger partial charge in [-0.15, -0.1) is 6.58 Å². The smallest absolute Gasteiger partial charge is 0.308 e. The maximum absolute atomic E-state index is 10.7. The number of aliphatic hydroxyl groups excluding tert-OH is 1. The van der Waals surface area contributed by atoms with E-state index in [0.29, 0.717) is 0 Å². The van der Waals surface area contributed by atoms with Gasteiger partial charge in [0.1, 0.15) is 6.10 Å². The maximum Gasteiger partial charge on any atom is 0.308 e. The fraction of sp³-hybridized carbons (Fsp3) is 0.625. The number of aliphatic hydroxyl groups is 1. The molecule has 0 saturated carbocycles. The number of hydrogen-bond donors (Lipinski definition) is 1. The van der Waals surface area contributed by atoms with E-state index in [1.165, 1.54) is 20.3 Å². The van der Waals surface area contributed by atoms with Crippen molar-refractivity contribution in [1.29, 1.82) is 0 Å². The number of hydrogen-bond acceptors (Lipinski definition) is 4. The Morgan fingerprint density at radius 3 is 2.58 bits per heavy atom. The average Bonchev–Trinajstić information content (AvgIpc) is 2.06. The molecule has 0 aromatic heterocycles. The summed E-state index contributed by atoms with van der Waals surface area (Å²) in [7, 11) is 2.71. The van der Waals surface area contributed by atoms with Crippen molar-refractivity contribution in [3.63, 3.8) is 0 Å². The van der Waals surface area contributed by atoms with Crippen LogP contribution in [0.25, 0.3) is 0 Å². The van der Waals surface area contributed by atoms with Crippen LogP contribution in [0.3, 0.4) is 0 Å². The largest absolute Gasteiger partial charge is 0.469 e. The lowest BCUT2D eigenvalue weighted by atomic mass is 10.1. The van der Waals surface area contributed by atoms with Gasteiger partial charge in [0.2, 0.25) is 0 Å². The highest BCUT2D eigenvalue weighted by Crippen LogP contribution is 2.04. The standard InChI is InChI=1S/C8H14O4/c1-4-7(11-2)6(9)5-8(10)12-3/h4,6-7,9H,1,5H2,2-3H3/t6-,7-/m1/s1. The van der Waals surface area contributed by atoms with Gasteiger partial charge in [0.05, 0.1) is 19.6 Å². The molecule has 0 aliphatic rings. The second kappa shape index (κ2) is 5.74. The molecule has 2 atom stereocenters. The van der Waals surface area contributed by atoms with Crippen LogP contribution in [0.2, 0.25) is 0 Å². The van der Waals surface area contributed by atoms with Crippen LogP contribution in [0.4, 0.5) is 0 Å². The summed E-state index contributed by atoms with van der Waals surface area (Å²) in [4.78, 5) is 10.7. The Bertz CT molecular complexity index is 155. The van der Waals surface area contributed by atoms with Crippen molar-refractivity contribution < 1.29 is 19.4 Å². The zero-order valence-corrected chi connectivity index (χ0v) is 7.32. The molecule has 0 unspecified atom stereocenters. The number of carbonyl (C=O) groups excluding carboxylic acids is 1. The second-order valence-corrected chi connectivity index (χ2v) is 2.28. The van der Waals surface area contributed by atoms with E-state index in [2.05, 4.69) is 11.3 Å². The Morgan fingerprint density at radius 1 is 1.67 bits per heavy atom. The first-order valence-electron chi connectivity index (χ1n) is 3.56. The third-order valence-electron chi connectivity index (χ3n) is 1.49. The molecule has 0 fully saturated rings. The van der Waals surface area contributed by atoms with Crippen LogP contribution in [0.5, 0.6) is 0 Å². The van der Waals surface area contributed by atoms with Crippen molar-refractivity contribution in [2.45, 2.75) is 18.6 Å². The number of methoxy groups -OCH3 is 2. The van der Waals surface area contributed by atoms with E-state index in [9.17, 15) is 9.90 Å². The summed E-state index contributed by atoms with van der Waals surface area (Å²) >= 11 is 0. The molecule has 0 aliphatic heterocycles. The second-order valence-electron chi connectivity index (χ2n) is 2.28. The van der Waals surface area contributed by atoms with Crippen molar-refractivity contribution in [3.8, 4) is 0 Å². The summed E-state index contributed by atoms with van der Waals surface area (Å²) < 4.78 is 9.20. The summed E-state index contributed by atoms with van der Waals surface area (Å²) in [6, 6.07) is 0. The summed E-state index contributed by atoms with van der Waals surface area (Å²) in [6.45, 7) is 3.45. The topological polar surface area (TPSA) is 55.8 Å². The van der Waals surface area contributed by atoms with Gasteiger partial charge in [0.25, 0.3) is 0 Å². The van der Waals surface area contributed by atoms with Gasteiger partial charge in [0.15, 0.2) is 0 Å². The fourth-order valence-corrected chi connectivity index (χ4v) is 0.781. The molecule has 0 aliphatic carbocycles. The SMILES string of the molecule is C=C[C@@H](OC)[C@H](O)CC(=O)OC. The van der Waals surface area contributed by atoms with Crippen LogP contribution >= 0.6 is 0 Å². The van der Waals surface area contributed by atoms with Crippen LogP contribution in [-0.4, -0.2) is 37.5 Å². The van der Waals surface area contributed by atoms with Gasteiger partial charge in [-0.2, -0.15) is 0 Å². The predicted octanol–water partition coefficient (Wildman–Crippen LogP) is 0.111. The van der Waals surface area contributed by atoms with E-state index in [1.54, 1.807) is 0 Å². The normalized spacial score (nSPS) is 14.9. The van der Waals surface area contributed by atoms with Gasteiger partial charge >= 0.3 is 5.97 Å². The Kier molecular flexibility index (Phi) is 5.32. The number of ether oxygens (including phenoxy) is 2. The van der Waals surface area contributed by atoms with Crippen molar-refractivity contribution >= 4 is 5.97 Å². The molecule has 0 amide bonds. The van der Waals surface area contributed by atoms with Gasteiger partial charge in [-0.05, 0) is 0 Å². The Balaban J connectivity index is 3.91. The fourth-order valence-electron chi connectivity index (χ4n) is 0.781. The monoisotopic (exact) mass is 174 g/mol. The van der Waals surface area contributed by atoms with Crippen LogP contribution in [0.1, 0.15) is 6.42 Å². The van der Waals surface area contributed by atoms with E-state index >= 15 is 0 Å². The molecule has 0 bridgehead atoms. The van der Waals surface area contributed by atoms with E-state index < -0.39 is 18.2 Å². The summed E-state index contributed by atoms with van der Waals surface area (Å²) in [5, 5.41) is 9.31. The van der Waals surface area contributed by atoms with E-state index in [0.717, 1.165) is 0 Å². The third kappa shape index (κ3) is 3.50. The Morgan fingerprint density at radius 2 is 2.25 bits per heavy atom. The van der Waals surface area contributed by atoms with Gasteiger partial charge in [-0.3, -0.25) is 4.79 Å². The molecule has 4 nitrogen and oxygen atoms in total. The molecule has 12 heavy (non-hydrogen) atoms. The molecule has 0 radical (unpaired) electrons. The van der Waals surface area contributed by atoms with Gasteiger partial charge < -0.3 is 14.6 Å². The molecule has 0 heterocycles. The minimum Gasteiger partial charge on any atom is -0.469 e. The highest BCUT2D eigenvalue weighted by molar-refractivity contribution is 5.69. The maximum atomic E-state index is 10.7. The van der Waals surface area contributed by atoms with Gasteiger partial charge in [0, 0.05) is 7.11 Å². The van der Waals surface area contributed by atoms with Crippen molar-refractivity contribution in [2.24, 2.45) is 0 Å². The molecule has 0 aromatic rings. The molecular formula is C8H14O4. The molecule has 0 aromatic carbocycles. The minimum atomic E-state index is -0.889. The molecule has 0 rings (SSSR count). The highest BCUT2D eigenvalue weighted by Gasteiger charge is 2.18. The summed E-state index contributed by atoms with van der Waals surface area (Å²) in [5.41, 5.74) is 0. The summed E-state index contributed by atoms with van der Waals surface area (Å²) in [6.07, 6.45) is -0.0571. The van der Waals surface area contributed by atoms with Crippen LogP contribution < -0.4 is 0 Å². The van der Waals surface area contributed by atoms with E-state index in [1.807, 2.05) is 0 Å². The van der Waals surface area contributed by atoms with Crippen molar-refractivity contribution in [3.05, 3.63) is 12.7 Å². The first kappa shape index (κ1) is 11.1. The van der Waals surface area contributed by atoms with Crippen LogP contribution in [-0.2, 0) is 14.3 Å². The minimum absolute atomic E-state index is 0.0823. The first-order valence-corrected chi connectivity index (χ1v) is 3.56. The van der Waals surface area contributed by atoms with Crippen LogP contribution in [0, 0.1) is 0 Å². The molecule has 0 saturated heterocycles. The Hall–Kier alpha value is -0.870. The summed E-state index contributed by atoms with van der Waals surface area (Å²) in [5.74, 6) is -0.466. The lowest BCUT2D eigenvalue weighted by molar-refractivity contribution is -0.144. The number of carbonyl (C=O) groups is 1. The van der Waals surface area contributed by atoms with Gasteiger partial charge in [-0.25, -0.2) is 0 Å². The van der Waals surface area contributed by atoms with E-state index in [-0.39, 0.29) is 6.42 Å². The molecule has 4 heteroatoms. The Labute approximate surface area is 71.8 Å². The number of rotatable bonds is 5. The zero-order chi connectivity index (χ0) is 9.56. The van der Waals surface area contributed by atoms with Crippen molar-refractivity contribution in [1.82, 2.24) is 0 Å². The third-order valence-corrected chi connectivity index (χ3v) is 1.49. The zero-order valence-electron chi connectivity index (χ0n) is 7.32. The lowest BCUT2D eigenvalue weighted by Crippen LogP contribution is -2.28.